The Hall–Kier alpha value is -2.87. The monoisotopic (exact) mass is 286 g/mol. The molecule has 0 saturated carbocycles. The van der Waals surface area contributed by atoms with Gasteiger partial charge in [0.25, 0.3) is 0 Å². The van der Waals surface area contributed by atoms with Crippen molar-refractivity contribution in [1.29, 1.82) is 0 Å². The van der Waals surface area contributed by atoms with E-state index in [1.807, 2.05) is 54.6 Å². The molecule has 0 aliphatic heterocycles. The summed E-state index contributed by atoms with van der Waals surface area (Å²) in [6.45, 7) is 0. The molecule has 3 aromatic rings. The molecule has 2 nitrogen and oxygen atoms in total. The van der Waals surface area contributed by atoms with E-state index < -0.39 is 0 Å². The molecular formula is C20H14O2. The number of ketones is 1. The van der Waals surface area contributed by atoms with Gasteiger partial charge in [-0.2, -0.15) is 0 Å². The van der Waals surface area contributed by atoms with Gasteiger partial charge in [0, 0.05) is 10.9 Å². The van der Waals surface area contributed by atoms with E-state index in [0.717, 1.165) is 38.8 Å². The van der Waals surface area contributed by atoms with Crippen LogP contribution in [0.1, 0.15) is 15.9 Å². The van der Waals surface area contributed by atoms with E-state index in [2.05, 4.69) is 6.07 Å². The first kappa shape index (κ1) is 12.8. The second-order valence-corrected chi connectivity index (χ2v) is 5.36. The number of methoxy groups -OCH3 is 1. The largest absolute Gasteiger partial charge is 0.497 e. The molecule has 1 aliphatic carbocycles. The van der Waals surface area contributed by atoms with E-state index >= 15 is 0 Å². The van der Waals surface area contributed by atoms with E-state index in [1.165, 1.54) is 0 Å². The fourth-order valence-corrected chi connectivity index (χ4v) is 3.06. The predicted molar refractivity (Wildman–Crippen MR) is 89.3 cm³/mol. The van der Waals surface area contributed by atoms with Gasteiger partial charge in [0.1, 0.15) is 5.75 Å². The van der Waals surface area contributed by atoms with Crippen LogP contribution in [0.2, 0.25) is 0 Å². The predicted octanol–water partition coefficient (Wildman–Crippen LogP) is 4.72. The summed E-state index contributed by atoms with van der Waals surface area (Å²) in [5.41, 5.74) is 4.13. The zero-order valence-corrected chi connectivity index (χ0v) is 12.2. The molecule has 22 heavy (non-hydrogen) atoms. The van der Waals surface area contributed by atoms with Crippen LogP contribution in [0.25, 0.3) is 28.0 Å². The van der Waals surface area contributed by atoms with Gasteiger partial charge in [0.05, 0.1) is 7.11 Å². The Morgan fingerprint density at radius 3 is 2.36 bits per heavy atom. The Kier molecular flexibility index (Phi) is 2.83. The lowest BCUT2D eigenvalue weighted by Gasteiger charge is -2.15. The summed E-state index contributed by atoms with van der Waals surface area (Å²) in [6.07, 6.45) is 3.54. The summed E-state index contributed by atoms with van der Waals surface area (Å²) < 4.78 is 5.22. The lowest BCUT2D eigenvalue weighted by atomic mass is 9.88. The summed E-state index contributed by atoms with van der Waals surface area (Å²) in [4.78, 5) is 12.1. The third kappa shape index (κ3) is 1.85. The maximum atomic E-state index is 12.1. The van der Waals surface area contributed by atoms with Crippen molar-refractivity contribution >= 4 is 22.6 Å². The van der Waals surface area contributed by atoms with Gasteiger partial charge >= 0.3 is 0 Å². The van der Waals surface area contributed by atoms with Gasteiger partial charge in [-0.3, -0.25) is 4.79 Å². The summed E-state index contributed by atoms with van der Waals surface area (Å²) in [5.74, 6) is 0.912. The fraction of sp³-hybridized carbons (Fsp3) is 0.0500. The minimum absolute atomic E-state index is 0.0741. The highest BCUT2D eigenvalue weighted by molar-refractivity contribution is 6.21. The van der Waals surface area contributed by atoms with Gasteiger partial charge in [-0.25, -0.2) is 0 Å². The summed E-state index contributed by atoms with van der Waals surface area (Å²) in [7, 11) is 1.66. The van der Waals surface area contributed by atoms with Crippen LogP contribution in [0.5, 0.6) is 5.75 Å². The second kappa shape index (κ2) is 4.85. The first-order valence-electron chi connectivity index (χ1n) is 7.20. The van der Waals surface area contributed by atoms with E-state index in [9.17, 15) is 4.79 Å². The summed E-state index contributed by atoms with van der Waals surface area (Å²) in [5, 5.41) is 2.15. The lowest BCUT2D eigenvalue weighted by Crippen LogP contribution is -2.02. The number of rotatable bonds is 2. The molecule has 106 valence electrons. The third-order valence-electron chi connectivity index (χ3n) is 4.15. The van der Waals surface area contributed by atoms with Crippen LogP contribution in [-0.2, 0) is 0 Å². The van der Waals surface area contributed by atoms with Crippen LogP contribution >= 0.6 is 0 Å². The SMILES string of the molecule is COc1ccc(-c2ccc3c4c(cccc24)C=CC3=O)cc1. The normalized spacial score (nSPS) is 12.7. The van der Waals surface area contributed by atoms with Crippen LogP contribution < -0.4 is 4.74 Å². The molecular weight excluding hydrogens is 272 g/mol. The lowest BCUT2D eigenvalue weighted by molar-refractivity contribution is 0.104. The Morgan fingerprint density at radius 1 is 0.818 bits per heavy atom. The van der Waals surface area contributed by atoms with Gasteiger partial charge in [0.2, 0.25) is 0 Å². The average molecular weight is 286 g/mol. The Morgan fingerprint density at radius 2 is 1.59 bits per heavy atom. The van der Waals surface area contributed by atoms with E-state index in [0.29, 0.717) is 0 Å². The van der Waals surface area contributed by atoms with Crippen molar-refractivity contribution in [2.24, 2.45) is 0 Å². The van der Waals surface area contributed by atoms with Crippen LogP contribution in [0.3, 0.4) is 0 Å². The fourth-order valence-electron chi connectivity index (χ4n) is 3.06. The molecule has 0 amide bonds. The van der Waals surface area contributed by atoms with Crippen molar-refractivity contribution < 1.29 is 9.53 Å². The van der Waals surface area contributed by atoms with Crippen molar-refractivity contribution in [3.8, 4) is 16.9 Å². The van der Waals surface area contributed by atoms with Crippen LogP contribution in [0, 0.1) is 0 Å². The molecule has 4 rings (SSSR count). The zero-order chi connectivity index (χ0) is 15.1. The molecule has 0 saturated heterocycles. The number of hydrogen-bond acceptors (Lipinski definition) is 2. The Bertz CT molecular complexity index is 918. The maximum Gasteiger partial charge on any atom is 0.186 e. The number of benzene rings is 3. The van der Waals surface area contributed by atoms with Gasteiger partial charge in [-0.05, 0) is 46.4 Å². The molecule has 0 radical (unpaired) electrons. The molecule has 0 heterocycles. The Balaban J connectivity index is 2.00. The third-order valence-corrected chi connectivity index (χ3v) is 4.15. The van der Waals surface area contributed by atoms with Crippen LogP contribution in [0.15, 0.2) is 60.7 Å². The standard InChI is InChI=1S/C20H14O2/c1-22-15-8-5-13(6-9-15)16-10-11-18-19(21)12-7-14-3-2-4-17(16)20(14)18/h2-12H,1H3. The molecule has 0 fully saturated rings. The molecule has 0 aromatic heterocycles. The highest BCUT2D eigenvalue weighted by Gasteiger charge is 2.17. The topological polar surface area (TPSA) is 26.3 Å². The van der Waals surface area contributed by atoms with Gasteiger partial charge < -0.3 is 4.74 Å². The van der Waals surface area contributed by atoms with Gasteiger partial charge in [-0.15, -0.1) is 0 Å². The van der Waals surface area contributed by atoms with Crippen molar-refractivity contribution in [3.05, 3.63) is 71.8 Å². The summed E-state index contributed by atoms with van der Waals surface area (Å²) >= 11 is 0. The van der Waals surface area contributed by atoms with E-state index in [-0.39, 0.29) is 5.78 Å². The van der Waals surface area contributed by atoms with Crippen molar-refractivity contribution in [1.82, 2.24) is 0 Å². The molecule has 0 spiro atoms. The molecule has 0 bridgehead atoms. The van der Waals surface area contributed by atoms with E-state index in [1.54, 1.807) is 13.2 Å². The molecule has 3 aromatic carbocycles. The number of hydrogen-bond donors (Lipinski definition) is 0. The number of carbonyl (C=O) groups excluding carboxylic acids is 1. The van der Waals surface area contributed by atoms with Crippen LogP contribution in [0.4, 0.5) is 0 Å². The minimum Gasteiger partial charge on any atom is -0.497 e. The van der Waals surface area contributed by atoms with Crippen molar-refractivity contribution in [2.75, 3.05) is 7.11 Å². The molecule has 0 N–H and O–H groups in total. The number of allylic oxidation sites excluding steroid dienone is 1. The Labute approximate surface area is 128 Å². The highest BCUT2D eigenvalue weighted by atomic mass is 16.5. The minimum atomic E-state index is 0.0741. The quantitative estimate of drug-likeness (QED) is 0.681. The molecule has 2 heteroatoms. The smallest absolute Gasteiger partial charge is 0.186 e. The van der Waals surface area contributed by atoms with E-state index in [4.69, 9.17) is 4.74 Å². The number of ether oxygens (including phenoxy) is 1. The summed E-state index contributed by atoms with van der Waals surface area (Å²) in [6, 6.07) is 18.1. The van der Waals surface area contributed by atoms with Crippen LogP contribution in [-0.4, -0.2) is 12.9 Å². The maximum absolute atomic E-state index is 12.1. The molecule has 0 unspecified atom stereocenters. The van der Waals surface area contributed by atoms with Crippen molar-refractivity contribution in [3.63, 3.8) is 0 Å². The van der Waals surface area contributed by atoms with Gasteiger partial charge in [0.15, 0.2) is 5.78 Å². The van der Waals surface area contributed by atoms with Gasteiger partial charge in [-0.1, -0.05) is 42.5 Å². The first-order valence-corrected chi connectivity index (χ1v) is 7.20. The number of carbonyl (C=O) groups is 1. The first-order chi connectivity index (χ1) is 10.8. The molecule has 1 aliphatic rings. The highest BCUT2D eigenvalue weighted by Crippen LogP contribution is 2.35. The zero-order valence-electron chi connectivity index (χ0n) is 12.2. The second-order valence-electron chi connectivity index (χ2n) is 5.36. The average Bonchev–Trinajstić information content (AvgIpc) is 2.58. The molecule has 0 atom stereocenters. The van der Waals surface area contributed by atoms with Crippen molar-refractivity contribution in [2.45, 2.75) is 0 Å².